The smallest absolute Gasteiger partial charge is 0.390 e. The molecule has 2 N–H and O–H groups in total. The molecule has 0 bridgehead atoms. The molecule has 0 atom stereocenters. The SMILES string of the molecule is Cc1cc(F)c(N)cc1S(=O)(=O)N(C)CCC(F)(F)F. The Morgan fingerprint density at radius 2 is 1.85 bits per heavy atom. The van der Waals surface area contributed by atoms with Crippen molar-refractivity contribution in [3.05, 3.63) is 23.5 Å². The number of sulfonamides is 1. The molecule has 0 radical (unpaired) electrons. The van der Waals surface area contributed by atoms with Gasteiger partial charge in [-0.15, -0.1) is 0 Å². The van der Waals surface area contributed by atoms with E-state index >= 15 is 0 Å². The fraction of sp³-hybridized carbons (Fsp3) is 0.455. The van der Waals surface area contributed by atoms with E-state index in [4.69, 9.17) is 5.73 Å². The van der Waals surface area contributed by atoms with Gasteiger partial charge in [-0.2, -0.15) is 13.2 Å². The van der Waals surface area contributed by atoms with Gasteiger partial charge in [0.1, 0.15) is 5.82 Å². The summed E-state index contributed by atoms with van der Waals surface area (Å²) in [6, 6.07) is 1.84. The summed E-state index contributed by atoms with van der Waals surface area (Å²) in [7, 11) is -3.12. The van der Waals surface area contributed by atoms with Crippen molar-refractivity contribution in [2.24, 2.45) is 0 Å². The first-order valence-electron chi connectivity index (χ1n) is 5.54. The minimum Gasteiger partial charge on any atom is -0.396 e. The number of rotatable bonds is 4. The van der Waals surface area contributed by atoms with Crippen LogP contribution in [0.4, 0.5) is 23.2 Å². The van der Waals surface area contributed by atoms with Crippen LogP contribution in [0.25, 0.3) is 0 Å². The monoisotopic (exact) mass is 314 g/mol. The number of hydrogen-bond acceptors (Lipinski definition) is 3. The molecule has 0 amide bonds. The fourth-order valence-electron chi connectivity index (χ4n) is 1.52. The van der Waals surface area contributed by atoms with Crippen LogP contribution in [-0.4, -0.2) is 32.5 Å². The lowest BCUT2D eigenvalue weighted by Gasteiger charge is -2.19. The summed E-state index contributed by atoms with van der Waals surface area (Å²) in [5, 5.41) is 0. The zero-order valence-corrected chi connectivity index (χ0v) is 11.6. The Labute approximate surface area is 114 Å². The van der Waals surface area contributed by atoms with Gasteiger partial charge in [0.15, 0.2) is 0 Å². The number of anilines is 1. The first-order valence-corrected chi connectivity index (χ1v) is 6.98. The molecule has 20 heavy (non-hydrogen) atoms. The maximum Gasteiger partial charge on any atom is 0.390 e. The average molecular weight is 314 g/mol. The third-order valence-electron chi connectivity index (χ3n) is 2.69. The summed E-state index contributed by atoms with van der Waals surface area (Å²) >= 11 is 0. The third kappa shape index (κ3) is 3.83. The number of nitrogens with zero attached hydrogens (tertiary/aromatic N) is 1. The largest absolute Gasteiger partial charge is 0.396 e. The summed E-state index contributed by atoms with van der Waals surface area (Å²) in [6.45, 7) is 0.621. The van der Waals surface area contributed by atoms with Crippen LogP contribution in [0.5, 0.6) is 0 Å². The molecule has 0 saturated heterocycles. The van der Waals surface area contributed by atoms with Crippen molar-refractivity contribution >= 4 is 15.7 Å². The summed E-state index contributed by atoms with van der Waals surface area (Å²) in [6.07, 6.45) is -5.72. The summed E-state index contributed by atoms with van der Waals surface area (Å²) in [5.41, 5.74) is 4.99. The van der Waals surface area contributed by atoms with Crippen molar-refractivity contribution in [3.63, 3.8) is 0 Å². The first kappa shape index (κ1) is 16.7. The molecule has 0 fully saturated rings. The Morgan fingerprint density at radius 3 is 2.35 bits per heavy atom. The standard InChI is InChI=1S/C11H14F4N2O2S/c1-7-5-8(12)9(16)6-10(7)20(18,19)17(2)4-3-11(13,14)15/h5-6H,3-4,16H2,1-2H3. The van der Waals surface area contributed by atoms with E-state index in [1.54, 1.807) is 0 Å². The minimum absolute atomic E-state index is 0.0792. The number of nitrogen functional groups attached to an aromatic ring is 1. The van der Waals surface area contributed by atoms with Gasteiger partial charge in [0.2, 0.25) is 10.0 Å². The van der Waals surface area contributed by atoms with Gasteiger partial charge in [0.25, 0.3) is 0 Å². The Morgan fingerprint density at radius 1 is 1.30 bits per heavy atom. The third-order valence-corrected chi connectivity index (χ3v) is 4.69. The van der Waals surface area contributed by atoms with Gasteiger partial charge in [-0.05, 0) is 24.6 Å². The second kappa shape index (κ2) is 5.57. The topological polar surface area (TPSA) is 63.4 Å². The zero-order valence-electron chi connectivity index (χ0n) is 10.8. The van der Waals surface area contributed by atoms with E-state index in [1.807, 2.05) is 0 Å². The van der Waals surface area contributed by atoms with Crippen LogP contribution >= 0.6 is 0 Å². The second-order valence-electron chi connectivity index (χ2n) is 4.33. The lowest BCUT2D eigenvalue weighted by molar-refractivity contribution is -0.135. The van der Waals surface area contributed by atoms with Crippen LogP contribution in [0.2, 0.25) is 0 Å². The molecular weight excluding hydrogens is 300 g/mol. The van der Waals surface area contributed by atoms with E-state index in [-0.39, 0.29) is 16.1 Å². The number of halogens is 4. The molecule has 0 unspecified atom stereocenters. The van der Waals surface area contributed by atoms with Crippen LogP contribution in [0.15, 0.2) is 17.0 Å². The van der Waals surface area contributed by atoms with E-state index in [0.29, 0.717) is 4.31 Å². The highest BCUT2D eigenvalue weighted by atomic mass is 32.2. The van der Waals surface area contributed by atoms with Crippen molar-refractivity contribution in [1.29, 1.82) is 0 Å². The van der Waals surface area contributed by atoms with Crippen molar-refractivity contribution in [3.8, 4) is 0 Å². The van der Waals surface area contributed by atoms with Gasteiger partial charge in [-0.25, -0.2) is 17.1 Å². The molecule has 0 aliphatic rings. The number of alkyl halides is 3. The maximum atomic E-state index is 13.2. The molecule has 0 aliphatic heterocycles. The highest BCUT2D eigenvalue weighted by Gasteiger charge is 2.31. The molecule has 0 spiro atoms. The number of benzene rings is 1. The van der Waals surface area contributed by atoms with Gasteiger partial charge in [-0.3, -0.25) is 0 Å². The molecule has 9 heteroatoms. The Hall–Kier alpha value is -1.35. The molecule has 1 aromatic rings. The van der Waals surface area contributed by atoms with Crippen LogP contribution in [0, 0.1) is 12.7 Å². The van der Waals surface area contributed by atoms with Gasteiger partial charge in [0.05, 0.1) is 17.0 Å². The van der Waals surface area contributed by atoms with Crippen molar-refractivity contribution in [2.45, 2.75) is 24.4 Å². The normalized spacial score (nSPS) is 12.9. The van der Waals surface area contributed by atoms with Gasteiger partial charge < -0.3 is 5.73 Å². The molecule has 0 heterocycles. The minimum atomic E-state index is -4.46. The van der Waals surface area contributed by atoms with E-state index < -0.39 is 35.0 Å². The molecule has 0 saturated carbocycles. The summed E-state index contributed by atoms with van der Waals surface area (Å²) in [4.78, 5) is -0.305. The Balaban J connectivity index is 3.08. The van der Waals surface area contributed by atoms with Crippen LogP contribution in [-0.2, 0) is 10.0 Å². The van der Waals surface area contributed by atoms with Crippen molar-refractivity contribution in [1.82, 2.24) is 4.31 Å². The Bertz CT molecular complexity index is 599. The fourth-order valence-corrected chi connectivity index (χ4v) is 2.93. The van der Waals surface area contributed by atoms with Gasteiger partial charge in [0, 0.05) is 13.6 Å². The van der Waals surface area contributed by atoms with Crippen LogP contribution in [0.1, 0.15) is 12.0 Å². The average Bonchev–Trinajstić information content (AvgIpc) is 2.29. The van der Waals surface area contributed by atoms with Crippen LogP contribution < -0.4 is 5.73 Å². The highest BCUT2D eigenvalue weighted by Crippen LogP contribution is 2.26. The maximum absolute atomic E-state index is 13.2. The number of aryl methyl sites for hydroxylation is 1. The number of nitrogens with two attached hydrogens (primary N) is 1. The summed E-state index contributed by atoms with van der Waals surface area (Å²) in [5.74, 6) is -0.778. The first-order chi connectivity index (χ1) is 8.95. The summed E-state index contributed by atoms with van der Waals surface area (Å²) < 4.78 is 74.3. The molecule has 0 aliphatic carbocycles. The molecule has 114 valence electrons. The molecule has 4 nitrogen and oxygen atoms in total. The van der Waals surface area contributed by atoms with Gasteiger partial charge >= 0.3 is 6.18 Å². The molecule has 0 aromatic heterocycles. The molecule has 1 aromatic carbocycles. The number of hydrogen-bond donors (Lipinski definition) is 1. The van der Waals surface area contributed by atoms with Gasteiger partial charge in [-0.1, -0.05) is 0 Å². The Kier molecular flexibility index (Phi) is 4.65. The van der Waals surface area contributed by atoms with E-state index in [1.165, 1.54) is 6.92 Å². The second-order valence-corrected chi connectivity index (χ2v) is 6.34. The molecule has 1 rings (SSSR count). The zero-order chi connectivity index (χ0) is 15.7. The predicted molar refractivity (Wildman–Crippen MR) is 66.0 cm³/mol. The lowest BCUT2D eigenvalue weighted by atomic mass is 10.2. The predicted octanol–water partition coefficient (Wildman–Crippen LogP) is 2.29. The van der Waals surface area contributed by atoms with Crippen molar-refractivity contribution < 1.29 is 26.0 Å². The van der Waals surface area contributed by atoms with Crippen molar-refractivity contribution in [2.75, 3.05) is 19.3 Å². The van der Waals surface area contributed by atoms with E-state index in [0.717, 1.165) is 19.2 Å². The quantitative estimate of drug-likeness (QED) is 0.685. The highest BCUT2D eigenvalue weighted by molar-refractivity contribution is 7.89. The van der Waals surface area contributed by atoms with E-state index in [2.05, 4.69) is 0 Å². The van der Waals surface area contributed by atoms with E-state index in [9.17, 15) is 26.0 Å². The molecular formula is C11H14F4N2O2S. The lowest BCUT2D eigenvalue weighted by Crippen LogP contribution is -2.31. The van der Waals surface area contributed by atoms with Crippen LogP contribution in [0.3, 0.4) is 0 Å².